The molecule has 2 rings (SSSR count). The van der Waals surface area contributed by atoms with Crippen molar-refractivity contribution in [2.45, 2.75) is 27.2 Å². The van der Waals surface area contributed by atoms with Gasteiger partial charge >= 0.3 is 0 Å². The van der Waals surface area contributed by atoms with Gasteiger partial charge in [0.05, 0.1) is 5.69 Å². The van der Waals surface area contributed by atoms with Crippen LogP contribution >= 0.6 is 11.6 Å². The molecule has 0 aliphatic carbocycles. The highest BCUT2D eigenvalue weighted by atomic mass is 35.5. The van der Waals surface area contributed by atoms with Crippen molar-refractivity contribution in [2.24, 2.45) is 5.92 Å². The van der Waals surface area contributed by atoms with E-state index in [2.05, 4.69) is 30.9 Å². The Balaban J connectivity index is 2.32. The highest BCUT2D eigenvalue weighted by Gasteiger charge is 2.10. The largest absolute Gasteiger partial charge is 0.225 e. The molecule has 0 amide bonds. The summed E-state index contributed by atoms with van der Waals surface area (Å²) in [7, 11) is 0. The van der Waals surface area contributed by atoms with Crippen LogP contribution in [0, 0.1) is 12.8 Å². The summed E-state index contributed by atoms with van der Waals surface area (Å²) in [6.07, 6.45) is 0.846. The lowest BCUT2D eigenvalue weighted by Gasteiger charge is -2.02. The molecule has 0 fully saturated rings. The first-order chi connectivity index (χ1) is 8.06. The summed E-state index contributed by atoms with van der Waals surface area (Å²) in [4.78, 5) is 4.27. The highest BCUT2D eigenvalue weighted by Crippen LogP contribution is 2.16. The molecule has 0 atom stereocenters. The lowest BCUT2D eigenvalue weighted by atomic mass is 10.1. The average Bonchev–Trinajstić information content (AvgIpc) is 2.59. The number of rotatable bonds is 3. The van der Waals surface area contributed by atoms with E-state index in [0.29, 0.717) is 11.2 Å². The molecule has 17 heavy (non-hydrogen) atoms. The van der Waals surface area contributed by atoms with Crippen LogP contribution in [0.2, 0.25) is 5.28 Å². The molecule has 0 aliphatic rings. The third-order valence-corrected chi connectivity index (χ3v) is 2.73. The second-order valence-electron chi connectivity index (χ2n) is 4.64. The van der Waals surface area contributed by atoms with Crippen LogP contribution in [0.4, 0.5) is 0 Å². The second kappa shape index (κ2) is 4.88. The standard InChI is InChI=1S/C13H16ClN3/c1-9(2)8-12-15-13(14)17(16-12)11-6-4-10(3)5-7-11/h4-7,9H,8H2,1-3H3. The molecule has 0 N–H and O–H groups in total. The minimum absolute atomic E-state index is 0.421. The molecule has 1 heterocycles. The van der Waals surface area contributed by atoms with E-state index < -0.39 is 0 Å². The molecule has 4 heteroatoms. The lowest BCUT2D eigenvalue weighted by molar-refractivity contribution is 0.618. The quantitative estimate of drug-likeness (QED) is 0.835. The number of halogens is 1. The second-order valence-corrected chi connectivity index (χ2v) is 4.98. The Morgan fingerprint density at radius 3 is 2.47 bits per heavy atom. The molecule has 0 radical (unpaired) electrons. The molecule has 0 spiro atoms. The summed E-state index contributed by atoms with van der Waals surface area (Å²) in [6.45, 7) is 6.33. The molecule has 1 aromatic carbocycles. The van der Waals surface area contributed by atoms with E-state index in [9.17, 15) is 0 Å². The minimum atomic E-state index is 0.421. The highest BCUT2D eigenvalue weighted by molar-refractivity contribution is 6.28. The molecule has 0 saturated heterocycles. The van der Waals surface area contributed by atoms with Gasteiger partial charge in [-0.3, -0.25) is 0 Å². The summed E-state index contributed by atoms with van der Waals surface area (Å²) < 4.78 is 1.68. The Hall–Kier alpha value is -1.35. The summed E-state index contributed by atoms with van der Waals surface area (Å²) in [6, 6.07) is 8.06. The molecular weight excluding hydrogens is 234 g/mol. The fourth-order valence-electron chi connectivity index (χ4n) is 1.63. The number of hydrogen-bond donors (Lipinski definition) is 0. The van der Waals surface area contributed by atoms with E-state index in [0.717, 1.165) is 17.9 Å². The average molecular weight is 250 g/mol. The summed E-state index contributed by atoms with van der Waals surface area (Å²) in [5, 5.41) is 4.84. The fourth-order valence-corrected chi connectivity index (χ4v) is 1.87. The monoisotopic (exact) mass is 249 g/mol. The molecule has 0 unspecified atom stereocenters. The van der Waals surface area contributed by atoms with Gasteiger partial charge in [-0.15, -0.1) is 5.10 Å². The zero-order valence-electron chi connectivity index (χ0n) is 10.3. The Morgan fingerprint density at radius 2 is 1.88 bits per heavy atom. The van der Waals surface area contributed by atoms with Crippen molar-refractivity contribution in [1.82, 2.24) is 14.8 Å². The molecule has 1 aromatic heterocycles. The smallest absolute Gasteiger partial charge is 0.203 e. The van der Waals surface area contributed by atoms with Gasteiger partial charge in [0.25, 0.3) is 0 Å². The van der Waals surface area contributed by atoms with E-state index in [-0.39, 0.29) is 0 Å². The van der Waals surface area contributed by atoms with Crippen molar-refractivity contribution in [3.8, 4) is 5.69 Å². The van der Waals surface area contributed by atoms with E-state index in [1.165, 1.54) is 5.56 Å². The number of aryl methyl sites for hydroxylation is 1. The summed E-state index contributed by atoms with van der Waals surface area (Å²) >= 11 is 6.09. The van der Waals surface area contributed by atoms with E-state index in [4.69, 9.17) is 11.6 Å². The van der Waals surface area contributed by atoms with E-state index in [1.807, 2.05) is 24.3 Å². The van der Waals surface area contributed by atoms with Gasteiger partial charge in [0.2, 0.25) is 5.28 Å². The van der Waals surface area contributed by atoms with Gasteiger partial charge in [0.1, 0.15) is 0 Å². The predicted molar refractivity (Wildman–Crippen MR) is 69.6 cm³/mol. The van der Waals surface area contributed by atoms with Crippen molar-refractivity contribution in [2.75, 3.05) is 0 Å². The van der Waals surface area contributed by atoms with Crippen LogP contribution in [0.1, 0.15) is 25.2 Å². The fraction of sp³-hybridized carbons (Fsp3) is 0.385. The first-order valence-corrected chi connectivity index (χ1v) is 6.12. The first kappa shape index (κ1) is 12.1. The number of benzene rings is 1. The van der Waals surface area contributed by atoms with Crippen LogP contribution in [0.25, 0.3) is 5.69 Å². The third kappa shape index (κ3) is 2.86. The van der Waals surface area contributed by atoms with Crippen LogP contribution in [-0.2, 0) is 6.42 Å². The molecule has 0 saturated carbocycles. The van der Waals surface area contributed by atoms with Gasteiger partial charge < -0.3 is 0 Å². The zero-order chi connectivity index (χ0) is 12.4. The Kier molecular flexibility index (Phi) is 3.48. The van der Waals surface area contributed by atoms with Crippen LogP contribution in [0.5, 0.6) is 0 Å². The van der Waals surface area contributed by atoms with Crippen molar-refractivity contribution >= 4 is 11.6 Å². The first-order valence-electron chi connectivity index (χ1n) is 5.74. The lowest BCUT2D eigenvalue weighted by Crippen LogP contribution is -1.99. The summed E-state index contributed by atoms with van der Waals surface area (Å²) in [5.41, 5.74) is 2.16. The zero-order valence-corrected chi connectivity index (χ0v) is 11.1. The number of nitrogens with zero attached hydrogens (tertiary/aromatic N) is 3. The molecule has 0 bridgehead atoms. The normalized spacial score (nSPS) is 11.1. The molecule has 2 aromatic rings. The Labute approximate surface area is 106 Å². The van der Waals surface area contributed by atoms with E-state index >= 15 is 0 Å². The van der Waals surface area contributed by atoms with Crippen LogP contribution < -0.4 is 0 Å². The number of aromatic nitrogens is 3. The summed E-state index contributed by atoms with van der Waals surface area (Å²) in [5.74, 6) is 1.32. The molecule has 90 valence electrons. The van der Waals surface area contributed by atoms with E-state index in [1.54, 1.807) is 4.68 Å². The van der Waals surface area contributed by atoms with Crippen molar-refractivity contribution in [3.63, 3.8) is 0 Å². The third-order valence-electron chi connectivity index (χ3n) is 2.48. The van der Waals surface area contributed by atoms with Gasteiger partial charge in [0.15, 0.2) is 5.82 Å². The molecule has 0 aliphatic heterocycles. The number of hydrogen-bond acceptors (Lipinski definition) is 2. The van der Waals surface area contributed by atoms with Crippen molar-refractivity contribution < 1.29 is 0 Å². The van der Waals surface area contributed by atoms with Crippen molar-refractivity contribution in [3.05, 3.63) is 40.9 Å². The minimum Gasteiger partial charge on any atom is -0.203 e. The SMILES string of the molecule is Cc1ccc(-n2nc(CC(C)C)nc2Cl)cc1. The van der Waals surface area contributed by atoms with Crippen molar-refractivity contribution in [1.29, 1.82) is 0 Å². The molecular formula is C13H16ClN3. The maximum Gasteiger partial charge on any atom is 0.225 e. The van der Waals surface area contributed by atoms with Crippen LogP contribution in [0.15, 0.2) is 24.3 Å². The van der Waals surface area contributed by atoms with Crippen LogP contribution in [-0.4, -0.2) is 14.8 Å². The topological polar surface area (TPSA) is 30.7 Å². The molecule has 3 nitrogen and oxygen atoms in total. The Bertz CT molecular complexity index is 500. The van der Waals surface area contributed by atoms with Gasteiger partial charge in [0, 0.05) is 6.42 Å². The maximum absolute atomic E-state index is 6.09. The maximum atomic E-state index is 6.09. The van der Waals surface area contributed by atoms with Gasteiger partial charge in [-0.05, 0) is 36.6 Å². The predicted octanol–water partition coefficient (Wildman–Crippen LogP) is 3.43. The van der Waals surface area contributed by atoms with Gasteiger partial charge in [-0.25, -0.2) is 9.67 Å². The van der Waals surface area contributed by atoms with Gasteiger partial charge in [-0.2, -0.15) is 0 Å². The van der Waals surface area contributed by atoms with Gasteiger partial charge in [-0.1, -0.05) is 31.5 Å². The Morgan fingerprint density at radius 1 is 1.24 bits per heavy atom. The van der Waals surface area contributed by atoms with Crippen LogP contribution in [0.3, 0.4) is 0 Å².